The van der Waals surface area contributed by atoms with Gasteiger partial charge in [0, 0.05) is 18.5 Å². The standard InChI is InChI=1S/C12H20N2O/c13-8-4-7(5-8)6-14-12(15)11-9-2-1-3-10(9)11/h7-11H,1-6,13H2,(H,14,15). The highest BCUT2D eigenvalue weighted by Crippen LogP contribution is 2.57. The van der Waals surface area contributed by atoms with Crippen LogP contribution in [-0.4, -0.2) is 18.5 Å². The van der Waals surface area contributed by atoms with E-state index in [0.29, 0.717) is 23.8 Å². The highest BCUT2D eigenvalue weighted by molar-refractivity contribution is 5.82. The predicted octanol–water partition coefficient (Wildman–Crippen LogP) is 0.886. The van der Waals surface area contributed by atoms with Crippen LogP contribution in [0.25, 0.3) is 0 Å². The van der Waals surface area contributed by atoms with Crippen molar-refractivity contribution in [3.63, 3.8) is 0 Å². The van der Waals surface area contributed by atoms with Crippen LogP contribution in [0.1, 0.15) is 32.1 Å². The third kappa shape index (κ3) is 1.67. The lowest BCUT2D eigenvalue weighted by Crippen LogP contribution is -2.43. The maximum absolute atomic E-state index is 11.8. The second kappa shape index (κ2) is 3.48. The topological polar surface area (TPSA) is 55.1 Å². The molecular formula is C12H20N2O. The van der Waals surface area contributed by atoms with E-state index in [-0.39, 0.29) is 0 Å². The molecule has 0 aliphatic heterocycles. The van der Waals surface area contributed by atoms with Gasteiger partial charge >= 0.3 is 0 Å². The van der Waals surface area contributed by atoms with Gasteiger partial charge in [-0.25, -0.2) is 0 Å². The number of amides is 1. The monoisotopic (exact) mass is 208 g/mol. The summed E-state index contributed by atoms with van der Waals surface area (Å²) in [5.41, 5.74) is 5.71. The summed E-state index contributed by atoms with van der Waals surface area (Å²) in [6.07, 6.45) is 6.11. The van der Waals surface area contributed by atoms with Gasteiger partial charge in [0.2, 0.25) is 5.91 Å². The molecule has 1 amide bonds. The van der Waals surface area contributed by atoms with Gasteiger partial charge in [0.05, 0.1) is 0 Å². The highest BCUT2D eigenvalue weighted by Gasteiger charge is 2.56. The lowest BCUT2D eigenvalue weighted by molar-refractivity contribution is -0.123. The summed E-state index contributed by atoms with van der Waals surface area (Å²) in [6.45, 7) is 0.864. The van der Waals surface area contributed by atoms with Crippen LogP contribution in [0.15, 0.2) is 0 Å². The molecule has 0 aromatic carbocycles. The average molecular weight is 208 g/mol. The molecule has 3 rings (SSSR count). The van der Waals surface area contributed by atoms with Crippen LogP contribution in [-0.2, 0) is 4.79 Å². The maximum Gasteiger partial charge on any atom is 0.223 e. The van der Waals surface area contributed by atoms with Crippen LogP contribution in [0.3, 0.4) is 0 Å². The van der Waals surface area contributed by atoms with Gasteiger partial charge in [0.1, 0.15) is 0 Å². The molecule has 15 heavy (non-hydrogen) atoms. The van der Waals surface area contributed by atoms with E-state index in [1.54, 1.807) is 0 Å². The van der Waals surface area contributed by atoms with Crippen LogP contribution in [0.4, 0.5) is 0 Å². The Bertz CT molecular complexity index is 263. The smallest absolute Gasteiger partial charge is 0.223 e. The van der Waals surface area contributed by atoms with Crippen molar-refractivity contribution >= 4 is 5.91 Å². The fourth-order valence-corrected chi connectivity index (χ4v) is 3.53. The van der Waals surface area contributed by atoms with Gasteiger partial charge in [0.15, 0.2) is 0 Å². The van der Waals surface area contributed by atoms with E-state index >= 15 is 0 Å². The number of rotatable bonds is 3. The number of fused-ring (bicyclic) bond motifs is 1. The van der Waals surface area contributed by atoms with E-state index in [1.807, 2.05) is 0 Å². The van der Waals surface area contributed by atoms with Crippen molar-refractivity contribution in [3.05, 3.63) is 0 Å². The number of carbonyl (C=O) groups excluding carboxylic acids is 1. The molecule has 0 aromatic rings. The second-order valence-electron chi connectivity index (χ2n) is 5.63. The SMILES string of the molecule is NC1CC(CNC(=O)C2C3CCCC32)C1. The Labute approximate surface area is 90.8 Å². The van der Waals surface area contributed by atoms with E-state index < -0.39 is 0 Å². The zero-order valence-corrected chi connectivity index (χ0v) is 9.11. The Kier molecular flexibility index (Phi) is 2.23. The Balaban J connectivity index is 1.39. The molecule has 3 nitrogen and oxygen atoms in total. The summed E-state index contributed by atoms with van der Waals surface area (Å²) in [5.74, 6) is 2.85. The summed E-state index contributed by atoms with van der Waals surface area (Å²) in [7, 11) is 0. The predicted molar refractivity (Wildman–Crippen MR) is 58.0 cm³/mol. The van der Waals surface area contributed by atoms with Gasteiger partial charge in [-0.2, -0.15) is 0 Å². The quantitative estimate of drug-likeness (QED) is 0.723. The van der Waals surface area contributed by atoms with Crippen molar-refractivity contribution < 1.29 is 4.79 Å². The van der Waals surface area contributed by atoms with E-state index in [2.05, 4.69) is 5.32 Å². The summed E-state index contributed by atoms with van der Waals surface area (Å²) in [5, 5.41) is 3.10. The first-order valence-corrected chi connectivity index (χ1v) is 6.29. The molecule has 84 valence electrons. The summed E-state index contributed by atoms with van der Waals surface area (Å²) >= 11 is 0. The maximum atomic E-state index is 11.8. The molecule has 0 bridgehead atoms. The van der Waals surface area contributed by atoms with Crippen molar-refractivity contribution in [2.75, 3.05) is 6.54 Å². The van der Waals surface area contributed by atoms with Crippen molar-refractivity contribution in [2.24, 2.45) is 29.4 Å². The molecule has 2 atom stereocenters. The Morgan fingerprint density at radius 3 is 2.53 bits per heavy atom. The molecule has 0 aromatic heterocycles. The molecule has 3 aliphatic carbocycles. The number of nitrogens with two attached hydrogens (primary N) is 1. The van der Waals surface area contributed by atoms with Gasteiger partial charge in [-0.05, 0) is 43.4 Å². The molecular weight excluding hydrogens is 188 g/mol. The van der Waals surface area contributed by atoms with Gasteiger partial charge in [-0.15, -0.1) is 0 Å². The minimum Gasteiger partial charge on any atom is -0.356 e. The summed E-state index contributed by atoms with van der Waals surface area (Å²) < 4.78 is 0. The molecule has 3 saturated carbocycles. The zero-order valence-electron chi connectivity index (χ0n) is 9.11. The first kappa shape index (κ1) is 9.64. The average Bonchev–Trinajstić information content (AvgIpc) is 2.65. The minimum atomic E-state index is 0.324. The zero-order chi connectivity index (χ0) is 10.4. The molecule has 0 saturated heterocycles. The second-order valence-corrected chi connectivity index (χ2v) is 5.63. The Hall–Kier alpha value is -0.570. The fourth-order valence-electron chi connectivity index (χ4n) is 3.53. The molecule has 2 unspecified atom stereocenters. The van der Waals surface area contributed by atoms with E-state index in [1.165, 1.54) is 19.3 Å². The Morgan fingerprint density at radius 2 is 1.93 bits per heavy atom. The number of carbonyl (C=O) groups is 1. The van der Waals surface area contributed by atoms with Crippen LogP contribution < -0.4 is 11.1 Å². The summed E-state index contributed by atoms with van der Waals surface area (Å²) in [6, 6.07) is 0.396. The van der Waals surface area contributed by atoms with Crippen LogP contribution in [0, 0.1) is 23.7 Å². The van der Waals surface area contributed by atoms with Crippen molar-refractivity contribution in [1.29, 1.82) is 0 Å². The molecule has 0 radical (unpaired) electrons. The number of hydrogen-bond acceptors (Lipinski definition) is 2. The third-order valence-corrected chi connectivity index (χ3v) is 4.55. The van der Waals surface area contributed by atoms with Gasteiger partial charge in [-0.1, -0.05) is 6.42 Å². The van der Waals surface area contributed by atoms with Gasteiger partial charge in [0.25, 0.3) is 0 Å². The van der Waals surface area contributed by atoms with Gasteiger partial charge < -0.3 is 11.1 Å². The molecule has 0 spiro atoms. The van der Waals surface area contributed by atoms with E-state index in [4.69, 9.17) is 5.73 Å². The highest BCUT2D eigenvalue weighted by atomic mass is 16.2. The summed E-state index contributed by atoms with van der Waals surface area (Å²) in [4.78, 5) is 11.8. The Morgan fingerprint density at radius 1 is 1.27 bits per heavy atom. The molecule has 3 heteroatoms. The largest absolute Gasteiger partial charge is 0.356 e. The van der Waals surface area contributed by atoms with Crippen LogP contribution in [0.5, 0.6) is 0 Å². The third-order valence-electron chi connectivity index (χ3n) is 4.55. The van der Waals surface area contributed by atoms with Crippen LogP contribution in [0.2, 0.25) is 0 Å². The van der Waals surface area contributed by atoms with E-state index in [9.17, 15) is 4.79 Å². The fraction of sp³-hybridized carbons (Fsp3) is 0.917. The molecule has 0 heterocycles. The van der Waals surface area contributed by atoms with Crippen molar-refractivity contribution in [1.82, 2.24) is 5.32 Å². The first-order chi connectivity index (χ1) is 7.25. The van der Waals surface area contributed by atoms with Gasteiger partial charge in [-0.3, -0.25) is 4.79 Å². The molecule has 3 fully saturated rings. The normalized spacial score (nSPS) is 46.9. The molecule has 3 N–H and O–H groups in total. The number of nitrogens with one attached hydrogen (secondary N) is 1. The molecule has 3 aliphatic rings. The lowest BCUT2D eigenvalue weighted by Gasteiger charge is -2.32. The van der Waals surface area contributed by atoms with Crippen molar-refractivity contribution in [2.45, 2.75) is 38.1 Å². The van der Waals surface area contributed by atoms with Crippen molar-refractivity contribution in [3.8, 4) is 0 Å². The minimum absolute atomic E-state index is 0.324. The van der Waals surface area contributed by atoms with E-state index in [0.717, 1.165) is 31.2 Å². The lowest BCUT2D eigenvalue weighted by atomic mass is 9.81. The first-order valence-electron chi connectivity index (χ1n) is 6.29. The van der Waals surface area contributed by atoms with Crippen LogP contribution >= 0.6 is 0 Å². The number of hydrogen-bond donors (Lipinski definition) is 2.